The molecule has 2 fully saturated rings. The van der Waals surface area contributed by atoms with Crippen LogP contribution in [0.15, 0.2) is 0 Å². The molecule has 23 heavy (non-hydrogen) atoms. The number of nitrogens with zero attached hydrogens (tertiary/aromatic N) is 5. The molecular weight excluding hydrogens is 298 g/mol. The number of carbonyl (C=O) groups is 1. The quantitative estimate of drug-likeness (QED) is 0.787. The Kier molecular flexibility index (Phi) is 4.63. The number of aromatic nitrogens is 4. The molecule has 1 aromatic heterocycles. The first-order valence-corrected chi connectivity index (χ1v) is 8.20. The highest BCUT2D eigenvalue weighted by Gasteiger charge is 2.52. The summed E-state index contributed by atoms with van der Waals surface area (Å²) in [5, 5.41) is 11.3. The predicted molar refractivity (Wildman–Crippen MR) is 81.7 cm³/mol. The monoisotopic (exact) mass is 323 g/mol. The fourth-order valence-corrected chi connectivity index (χ4v) is 3.98. The number of rotatable bonds is 5. The molecule has 1 saturated carbocycles. The number of ether oxygens (including phenoxy) is 2. The van der Waals surface area contributed by atoms with E-state index in [-0.39, 0.29) is 23.7 Å². The van der Waals surface area contributed by atoms with Crippen molar-refractivity contribution in [1.82, 2.24) is 25.1 Å². The summed E-state index contributed by atoms with van der Waals surface area (Å²) >= 11 is 0. The van der Waals surface area contributed by atoms with Gasteiger partial charge in [0.2, 0.25) is 5.91 Å². The molecule has 2 aliphatic rings. The Morgan fingerprint density at radius 1 is 1.39 bits per heavy atom. The largest absolute Gasteiger partial charge is 0.381 e. The lowest BCUT2D eigenvalue weighted by atomic mass is 9.79. The minimum atomic E-state index is -0.199. The maximum atomic E-state index is 12.7. The van der Waals surface area contributed by atoms with Gasteiger partial charge in [0.05, 0.1) is 24.3 Å². The molecule has 0 radical (unpaired) electrons. The lowest BCUT2D eigenvalue weighted by Crippen LogP contribution is -2.53. The lowest BCUT2D eigenvalue weighted by Gasteiger charge is -2.43. The van der Waals surface area contributed by atoms with Gasteiger partial charge in [-0.25, -0.2) is 4.68 Å². The van der Waals surface area contributed by atoms with Gasteiger partial charge in [0.1, 0.15) is 5.82 Å². The minimum Gasteiger partial charge on any atom is -0.381 e. The van der Waals surface area contributed by atoms with E-state index in [2.05, 4.69) is 15.5 Å². The van der Waals surface area contributed by atoms with Crippen LogP contribution in [0.25, 0.3) is 0 Å². The summed E-state index contributed by atoms with van der Waals surface area (Å²) in [6, 6.07) is 0.105. The van der Waals surface area contributed by atoms with Crippen LogP contribution in [0.1, 0.15) is 37.9 Å². The van der Waals surface area contributed by atoms with Crippen molar-refractivity contribution in [3.8, 4) is 0 Å². The highest BCUT2D eigenvalue weighted by molar-refractivity contribution is 5.77. The van der Waals surface area contributed by atoms with Crippen LogP contribution in [0.5, 0.6) is 0 Å². The zero-order chi connectivity index (χ0) is 16.4. The second-order valence-corrected chi connectivity index (χ2v) is 6.45. The van der Waals surface area contributed by atoms with Crippen LogP contribution in [-0.4, -0.2) is 69.5 Å². The van der Waals surface area contributed by atoms with E-state index in [0.717, 1.165) is 38.1 Å². The van der Waals surface area contributed by atoms with Crippen LogP contribution < -0.4 is 0 Å². The summed E-state index contributed by atoms with van der Waals surface area (Å²) in [4.78, 5) is 14.7. The fourth-order valence-electron chi connectivity index (χ4n) is 3.98. The third kappa shape index (κ3) is 2.97. The highest BCUT2D eigenvalue weighted by Crippen LogP contribution is 2.43. The number of hydrogen-bond acceptors (Lipinski definition) is 6. The molecule has 0 aromatic carbocycles. The topological polar surface area (TPSA) is 82.4 Å². The summed E-state index contributed by atoms with van der Waals surface area (Å²) in [6.07, 6.45) is 4.30. The average molecular weight is 323 g/mol. The molecule has 8 nitrogen and oxygen atoms in total. The maximum Gasteiger partial charge on any atom is 0.224 e. The van der Waals surface area contributed by atoms with Crippen LogP contribution in [0.2, 0.25) is 0 Å². The third-order valence-corrected chi connectivity index (χ3v) is 5.44. The van der Waals surface area contributed by atoms with Crippen molar-refractivity contribution in [3.63, 3.8) is 0 Å². The number of aryl methyl sites for hydroxylation is 2. The Bertz CT molecular complexity index is 563. The molecule has 0 unspecified atom stereocenters. The van der Waals surface area contributed by atoms with Crippen molar-refractivity contribution in [1.29, 1.82) is 0 Å². The molecule has 1 amide bonds. The van der Waals surface area contributed by atoms with E-state index < -0.39 is 0 Å². The molecule has 0 bridgehead atoms. The summed E-state index contributed by atoms with van der Waals surface area (Å²) in [5.41, 5.74) is -0.199. The van der Waals surface area contributed by atoms with E-state index in [1.807, 2.05) is 11.8 Å². The fraction of sp³-hybridized carbons (Fsp3) is 0.867. The number of fused-ring (bicyclic) bond motifs is 1. The van der Waals surface area contributed by atoms with Gasteiger partial charge in [-0.3, -0.25) is 4.79 Å². The summed E-state index contributed by atoms with van der Waals surface area (Å²) in [6.45, 7) is 3.09. The Labute approximate surface area is 136 Å². The third-order valence-electron chi connectivity index (χ3n) is 5.44. The molecule has 1 aromatic rings. The van der Waals surface area contributed by atoms with Gasteiger partial charge in [-0.2, -0.15) is 0 Å². The van der Waals surface area contributed by atoms with Gasteiger partial charge in [0.25, 0.3) is 0 Å². The average Bonchev–Trinajstić information content (AvgIpc) is 3.15. The molecule has 128 valence electrons. The van der Waals surface area contributed by atoms with E-state index in [4.69, 9.17) is 9.47 Å². The molecule has 0 spiro atoms. The van der Waals surface area contributed by atoms with Gasteiger partial charge < -0.3 is 14.4 Å². The maximum absolute atomic E-state index is 12.7. The normalized spacial score (nSPS) is 30.5. The Morgan fingerprint density at radius 2 is 2.22 bits per heavy atom. The zero-order valence-corrected chi connectivity index (χ0v) is 14.1. The number of likely N-dealkylation sites (tertiary alicyclic amines) is 1. The van der Waals surface area contributed by atoms with Crippen LogP contribution in [-0.2, 0) is 20.8 Å². The highest BCUT2D eigenvalue weighted by atomic mass is 16.5. The van der Waals surface area contributed by atoms with E-state index in [0.29, 0.717) is 13.0 Å². The molecule has 8 heteroatoms. The molecule has 3 rings (SSSR count). The van der Waals surface area contributed by atoms with Crippen molar-refractivity contribution in [2.24, 2.45) is 0 Å². The van der Waals surface area contributed by atoms with Crippen molar-refractivity contribution in [3.05, 3.63) is 5.82 Å². The van der Waals surface area contributed by atoms with Crippen LogP contribution >= 0.6 is 0 Å². The van der Waals surface area contributed by atoms with Crippen molar-refractivity contribution in [2.75, 3.05) is 20.8 Å². The first-order valence-electron chi connectivity index (χ1n) is 8.20. The molecule has 1 saturated heterocycles. The summed E-state index contributed by atoms with van der Waals surface area (Å²) in [5.74, 6) is 0.864. The SMILES string of the molecule is CO[C@@H]1CC[C@@]2(OC)CCN(C(=O)CCn3nnnc3C)[C@H]2C1. The lowest BCUT2D eigenvalue weighted by molar-refractivity contribution is -0.141. The van der Waals surface area contributed by atoms with Gasteiger partial charge in [0.15, 0.2) is 0 Å². The van der Waals surface area contributed by atoms with Gasteiger partial charge in [-0.05, 0) is 43.0 Å². The van der Waals surface area contributed by atoms with Gasteiger partial charge in [-0.1, -0.05) is 0 Å². The van der Waals surface area contributed by atoms with E-state index >= 15 is 0 Å². The standard InChI is InChI=1S/C15H25N5O3/c1-11-16-17-18-20(11)8-5-14(21)19-9-7-15(23-3)6-4-12(22-2)10-13(15)19/h12-13H,4-10H2,1-3H3/t12-,13+,15-/m1/s1. The minimum absolute atomic E-state index is 0.105. The number of amides is 1. The van der Waals surface area contributed by atoms with Crippen molar-refractivity contribution >= 4 is 5.91 Å². The molecule has 1 aliphatic heterocycles. The number of carbonyl (C=O) groups excluding carboxylic acids is 1. The van der Waals surface area contributed by atoms with Gasteiger partial charge >= 0.3 is 0 Å². The first-order chi connectivity index (χ1) is 11.1. The predicted octanol–water partition coefficient (Wildman–Crippen LogP) is 0.557. The second-order valence-electron chi connectivity index (χ2n) is 6.45. The molecule has 0 N–H and O–H groups in total. The van der Waals surface area contributed by atoms with E-state index in [1.54, 1.807) is 18.9 Å². The zero-order valence-electron chi connectivity index (χ0n) is 14.1. The van der Waals surface area contributed by atoms with Crippen LogP contribution in [0, 0.1) is 6.92 Å². The second kappa shape index (κ2) is 6.52. The molecule has 3 atom stereocenters. The molecular formula is C15H25N5O3. The van der Waals surface area contributed by atoms with Gasteiger partial charge in [0, 0.05) is 27.2 Å². The summed E-state index contributed by atoms with van der Waals surface area (Å²) in [7, 11) is 3.50. The van der Waals surface area contributed by atoms with Crippen molar-refractivity contribution < 1.29 is 14.3 Å². The molecule has 1 aliphatic carbocycles. The van der Waals surface area contributed by atoms with E-state index in [1.165, 1.54) is 0 Å². The Balaban J connectivity index is 1.67. The Morgan fingerprint density at radius 3 is 2.87 bits per heavy atom. The van der Waals surface area contributed by atoms with Crippen LogP contribution in [0.4, 0.5) is 0 Å². The van der Waals surface area contributed by atoms with Crippen LogP contribution in [0.3, 0.4) is 0 Å². The van der Waals surface area contributed by atoms with Gasteiger partial charge in [-0.15, -0.1) is 5.10 Å². The number of methoxy groups -OCH3 is 2. The smallest absolute Gasteiger partial charge is 0.224 e. The molecule has 2 heterocycles. The summed E-state index contributed by atoms with van der Waals surface area (Å²) < 4.78 is 13.0. The first kappa shape index (κ1) is 16.3. The number of hydrogen-bond donors (Lipinski definition) is 0. The number of tetrazole rings is 1. The van der Waals surface area contributed by atoms with Crippen molar-refractivity contribution in [2.45, 2.75) is 63.3 Å². The van der Waals surface area contributed by atoms with E-state index in [9.17, 15) is 4.79 Å². The Hall–Kier alpha value is -1.54.